The third-order valence-electron chi connectivity index (χ3n) is 2.80. The minimum absolute atomic E-state index is 0.00810. The summed E-state index contributed by atoms with van der Waals surface area (Å²) in [5, 5.41) is 10.7. The first-order chi connectivity index (χ1) is 8.43. The normalized spacial score (nSPS) is 30.1. The van der Waals surface area contributed by atoms with Crippen molar-refractivity contribution >= 4 is 17.7 Å². The van der Waals surface area contributed by atoms with Gasteiger partial charge in [0.05, 0.1) is 12.5 Å². The molecule has 1 aliphatic heterocycles. The molecule has 0 aromatic rings. The highest BCUT2D eigenvalue weighted by atomic mass is 16.2. The summed E-state index contributed by atoms with van der Waals surface area (Å²) in [6, 6.07) is -1.26. The van der Waals surface area contributed by atoms with Crippen LogP contribution in [0, 0.1) is 0 Å². The lowest BCUT2D eigenvalue weighted by Crippen LogP contribution is -2.56. The smallest absolute Gasteiger partial charge is 0.242 e. The average Bonchev–Trinajstić information content (AvgIpc) is 2.33. The molecule has 1 saturated heterocycles. The van der Waals surface area contributed by atoms with E-state index < -0.39 is 12.1 Å². The Bertz CT molecular complexity index is 345. The lowest BCUT2D eigenvalue weighted by atomic mass is 10.1. The molecule has 3 unspecified atom stereocenters. The highest BCUT2D eigenvalue weighted by molar-refractivity contribution is 5.93. The molecule has 0 aliphatic carbocycles. The van der Waals surface area contributed by atoms with Crippen LogP contribution in [0.2, 0.25) is 0 Å². The van der Waals surface area contributed by atoms with Gasteiger partial charge in [-0.1, -0.05) is 0 Å². The van der Waals surface area contributed by atoms with Crippen molar-refractivity contribution in [2.45, 2.75) is 38.4 Å². The molecule has 0 aromatic heterocycles. The maximum atomic E-state index is 11.8. The number of rotatable bonds is 1. The summed E-state index contributed by atoms with van der Waals surface area (Å²) in [7, 11) is 1.47. The van der Waals surface area contributed by atoms with E-state index in [1.807, 2.05) is 6.92 Å². The quantitative estimate of drug-likeness (QED) is 0.440. The van der Waals surface area contributed by atoms with Gasteiger partial charge in [-0.15, -0.1) is 0 Å². The minimum atomic E-state index is -0.833. The number of hydrogen-bond acceptors (Lipinski definition) is 4. The van der Waals surface area contributed by atoms with E-state index in [1.165, 1.54) is 7.05 Å². The van der Waals surface area contributed by atoms with Crippen molar-refractivity contribution in [3.05, 3.63) is 0 Å². The van der Waals surface area contributed by atoms with Gasteiger partial charge in [-0.2, -0.15) is 0 Å². The van der Waals surface area contributed by atoms with Crippen molar-refractivity contribution in [2.75, 3.05) is 13.6 Å². The summed E-state index contributed by atoms with van der Waals surface area (Å²) < 4.78 is 0. The highest BCUT2D eigenvalue weighted by Crippen LogP contribution is 1.98. The maximum absolute atomic E-state index is 11.8. The Morgan fingerprint density at radius 1 is 1.33 bits per heavy atom. The molecule has 4 N–H and O–H groups in total. The van der Waals surface area contributed by atoms with Gasteiger partial charge in [0, 0.05) is 19.6 Å². The zero-order valence-electron chi connectivity index (χ0n) is 10.9. The van der Waals surface area contributed by atoms with Crippen molar-refractivity contribution in [1.29, 1.82) is 0 Å². The SMILES string of the molecule is CNC(=O)C1CC(=O)NCC(C)NC(C)C(=O)N1. The maximum Gasteiger partial charge on any atom is 0.242 e. The van der Waals surface area contributed by atoms with E-state index in [9.17, 15) is 14.4 Å². The molecule has 1 rings (SSSR count). The van der Waals surface area contributed by atoms with Crippen LogP contribution in [-0.4, -0.2) is 49.4 Å². The Kier molecular flexibility index (Phi) is 5.08. The predicted molar refractivity (Wildman–Crippen MR) is 65.7 cm³/mol. The molecule has 0 aromatic carbocycles. The Labute approximate surface area is 106 Å². The lowest BCUT2D eigenvalue weighted by molar-refractivity contribution is -0.132. The summed E-state index contributed by atoms with van der Waals surface area (Å²) in [5.74, 6) is -0.920. The van der Waals surface area contributed by atoms with Crippen LogP contribution in [0.5, 0.6) is 0 Å². The lowest BCUT2D eigenvalue weighted by Gasteiger charge is -2.25. The highest BCUT2D eigenvalue weighted by Gasteiger charge is 2.27. The first-order valence-electron chi connectivity index (χ1n) is 5.98. The molecule has 0 radical (unpaired) electrons. The largest absolute Gasteiger partial charge is 0.357 e. The van der Waals surface area contributed by atoms with Gasteiger partial charge in [-0.25, -0.2) is 0 Å². The van der Waals surface area contributed by atoms with Crippen LogP contribution in [0.1, 0.15) is 20.3 Å². The van der Waals surface area contributed by atoms with Gasteiger partial charge in [0.25, 0.3) is 0 Å². The molecule has 3 atom stereocenters. The first kappa shape index (κ1) is 14.4. The second-order valence-corrected chi connectivity index (χ2v) is 4.47. The van der Waals surface area contributed by atoms with Gasteiger partial charge >= 0.3 is 0 Å². The summed E-state index contributed by atoms with van der Waals surface area (Å²) >= 11 is 0. The molecular formula is C11H20N4O3. The fraction of sp³-hybridized carbons (Fsp3) is 0.727. The summed E-state index contributed by atoms with van der Waals surface area (Å²) in [6.45, 7) is 4.02. The van der Waals surface area contributed by atoms with Crippen molar-refractivity contribution in [2.24, 2.45) is 0 Å². The van der Waals surface area contributed by atoms with Gasteiger partial charge in [-0.3, -0.25) is 14.4 Å². The zero-order valence-corrected chi connectivity index (χ0v) is 10.9. The minimum Gasteiger partial charge on any atom is -0.357 e. The molecule has 1 aliphatic rings. The molecular weight excluding hydrogens is 236 g/mol. The van der Waals surface area contributed by atoms with Crippen molar-refractivity contribution in [1.82, 2.24) is 21.3 Å². The van der Waals surface area contributed by atoms with E-state index in [0.717, 1.165) is 0 Å². The van der Waals surface area contributed by atoms with Gasteiger partial charge in [0.2, 0.25) is 17.7 Å². The second-order valence-electron chi connectivity index (χ2n) is 4.47. The second kappa shape index (κ2) is 6.34. The molecule has 0 bridgehead atoms. The van der Waals surface area contributed by atoms with Crippen LogP contribution < -0.4 is 21.3 Å². The monoisotopic (exact) mass is 256 g/mol. The van der Waals surface area contributed by atoms with Crippen LogP contribution >= 0.6 is 0 Å². The number of nitrogens with one attached hydrogen (secondary N) is 4. The molecule has 7 nitrogen and oxygen atoms in total. The number of hydrogen-bond donors (Lipinski definition) is 4. The van der Waals surface area contributed by atoms with Crippen LogP contribution in [0.15, 0.2) is 0 Å². The predicted octanol–water partition coefficient (Wildman–Crippen LogP) is -1.90. The fourth-order valence-corrected chi connectivity index (χ4v) is 1.77. The van der Waals surface area contributed by atoms with Crippen molar-refractivity contribution in [3.8, 4) is 0 Å². The number of carbonyl (C=O) groups is 3. The van der Waals surface area contributed by atoms with E-state index in [-0.39, 0.29) is 30.2 Å². The molecule has 3 amide bonds. The van der Waals surface area contributed by atoms with E-state index in [2.05, 4.69) is 21.3 Å². The molecule has 0 spiro atoms. The molecule has 0 saturated carbocycles. The van der Waals surface area contributed by atoms with Crippen LogP contribution in [-0.2, 0) is 14.4 Å². The number of amides is 3. The number of carbonyl (C=O) groups excluding carboxylic acids is 3. The summed E-state index contributed by atoms with van der Waals surface area (Å²) in [6.07, 6.45) is -0.0507. The van der Waals surface area contributed by atoms with E-state index >= 15 is 0 Å². The zero-order chi connectivity index (χ0) is 13.7. The molecule has 18 heavy (non-hydrogen) atoms. The molecule has 1 heterocycles. The molecule has 7 heteroatoms. The van der Waals surface area contributed by atoms with Crippen LogP contribution in [0.3, 0.4) is 0 Å². The van der Waals surface area contributed by atoms with Crippen LogP contribution in [0.4, 0.5) is 0 Å². The summed E-state index contributed by atoms with van der Waals surface area (Å²) in [5.41, 5.74) is 0. The topological polar surface area (TPSA) is 99.3 Å². The third kappa shape index (κ3) is 3.99. The van der Waals surface area contributed by atoms with E-state index in [4.69, 9.17) is 0 Å². The van der Waals surface area contributed by atoms with E-state index in [0.29, 0.717) is 6.54 Å². The van der Waals surface area contributed by atoms with Gasteiger partial charge in [0.15, 0.2) is 0 Å². The molecule has 102 valence electrons. The first-order valence-corrected chi connectivity index (χ1v) is 5.98. The Morgan fingerprint density at radius 2 is 2.00 bits per heavy atom. The Balaban J connectivity index is 2.79. The van der Waals surface area contributed by atoms with Crippen molar-refractivity contribution < 1.29 is 14.4 Å². The Hall–Kier alpha value is -1.63. The Morgan fingerprint density at radius 3 is 2.61 bits per heavy atom. The van der Waals surface area contributed by atoms with Crippen molar-refractivity contribution in [3.63, 3.8) is 0 Å². The number of likely N-dealkylation sites (N-methyl/N-ethyl adjacent to an activating group) is 1. The third-order valence-corrected chi connectivity index (χ3v) is 2.80. The van der Waals surface area contributed by atoms with Gasteiger partial charge < -0.3 is 21.3 Å². The van der Waals surface area contributed by atoms with Gasteiger partial charge in [-0.05, 0) is 13.8 Å². The van der Waals surface area contributed by atoms with Gasteiger partial charge in [0.1, 0.15) is 6.04 Å². The van der Waals surface area contributed by atoms with Crippen LogP contribution in [0.25, 0.3) is 0 Å². The van der Waals surface area contributed by atoms with E-state index in [1.54, 1.807) is 6.92 Å². The standard InChI is InChI=1S/C11H20N4O3/c1-6-5-13-9(16)4-8(11(18)12-3)15-10(17)7(2)14-6/h6-8,14H,4-5H2,1-3H3,(H,12,18)(H,13,16)(H,15,17). The average molecular weight is 256 g/mol. The fourth-order valence-electron chi connectivity index (χ4n) is 1.77. The summed E-state index contributed by atoms with van der Waals surface area (Å²) in [4.78, 5) is 35.0. The molecule has 1 fully saturated rings.